The van der Waals surface area contributed by atoms with Crippen LogP contribution in [0.25, 0.3) is 28.0 Å². The lowest BCUT2D eigenvalue weighted by Crippen LogP contribution is -2.29. The minimum Gasteiger partial charge on any atom is -0.268 e. The summed E-state index contributed by atoms with van der Waals surface area (Å²) in [5.41, 5.74) is 5.09. The van der Waals surface area contributed by atoms with E-state index in [2.05, 4.69) is 4.98 Å². The number of para-hydroxylation sites is 1. The lowest BCUT2D eigenvalue weighted by molar-refractivity contribution is 0.0926. The van der Waals surface area contributed by atoms with Crippen LogP contribution in [0.2, 0.25) is 0 Å². The maximum atomic E-state index is 13.6. The third-order valence-corrected chi connectivity index (χ3v) is 5.85. The van der Waals surface area contributed by atoms with Crippen molar-refractivity contribution < 1.29 is 9.59 Å². The molecular formula is C27H18N4O2. The number of carbonyl (C=O) groups is 2. The first-order valence-electron chi connectivity index (χ1n) is 10.6. The van der Waals surface area contributed by atoms with Gasteiger partial charge in [0.1, 0.15) is 5.69 Å². The molecule has 0 bridgehead atoms. The predicted octanol–water partition coefficient (Wildman–Crippen LogP) is 5.20. The molecule has 2 aromatic heterocycles. The van der Waals surface area contributed by atoms with Gasteiger partial charge in [-0.2, -0.15) is 5.10 Å². The second-order valence-electron chi connectivity index (χ2n) is 7.99. The zero-order chi connectivity index (χ0) is 22.5. The van der Waals surface area contributed by atoms with Gasteiger partial charge in [-0.05, 0) is 36.8 Å². The van der Waals surface area contributed by atoms with Crippen LogP contribution in [0.15, 0.2) is 91.1 Å². The summed E-state index contributed by atoms with van der Waals surface area (Å²) in [4.78, 5) is 32.7. The predicted molar refractivity (Wildman–Crippen MR) is 127 cm³/mol. The molecule has 6 nitrogen and oxygen atoms in total. The molecule has 1 aliphatic rings. The maximum absolute atomic E-state index is 13.6. The number of anilines is 1. The Morgan fingerprint density at radius 1 is 0.758 bits per heavy atom. The molecule has 0 radical (unpaired) electrons. The van der Waals surface area contributed by atoms with Crippen LogP contribution in [0, 0.1) is 6.92 Å². The van der Waals surface area contributed by atoms with E-state index in [1.807, 2.05) is 67.6 Å². The van der Waals surface area contributed by atoms with Crippen LogP contribution in [0.5, 0.6) is 0 Å². The minimum absolute atomic E-state index is 0.289. The molecule has 1 aliphatic heterocycles. The number of aryl methyl sites for hydroxylation is 1. The van der Waals surface area contributed by atoms with Gasteiger partial charge in [0.2, 0.25) is 0 Å². The number of carbonyl (C=O) groups excluding carboxylic acids is 2. The van der Waals surface area contributed by atoms with Gasteiger partial charge < -0.3 is 0 Å². The molecule has 158 valence electrons. The molecule has 0 saturated carbocycles. The van der Waals surface area contributed by atoms with Crippen molar-refractivity contribution in [2.24, 2.45) is 0 Å². The number of fused-ring (bicyclic) bond motifs is 3. The van der Waals surface area contributed by atoms with Gasteiger partial charge in [-0.25, -0.2) is 14.6 Å². The molecule has 3 aromatic carbocycles. The molecule has 6 rings (SSSR count). The summed E-state index contributed by atoms with van der Waals surface area (Å²) < 4.78 is 1.74. The van der Waals surface area contributed by atoms with Crippen LogP contribution in [-0.4, -0.2) is 26.6 Å². The summed E-state index contributed by atoms with van der Waals surface area (Å²) in [6.45, 7) is 2.01. The van der Waals surface area contributed by atoms with Crippen molar-refractivity contribution in [2.75, 3.05) is 4.90 Å². The van der Waals surface area contributed by atoms with Crippen LogP contribution in [-0.2, 0) is 0 Å². The topological polar surface area (TPSA) is 68.1 Å². The van der Waals surface area contributed by atoms with Crippen LogP contribution in [0.1, 0.15) is 26.3 Å². The Kier molecular flexibility index (Phi) is 4.20. The summed E-state index contributed by atoms with van der Waals surface area (Å²) in [5.74, 6) is -0.743. The second-order valence-corrected chi connectivity index (χ2v) is 7.99. The Morgan fingerprint density at radius 2 is 1.45 bits per heavy atom. The molecule has 3 heterocycles. The largest absolute Gasteiger partial charge is 0.268 e. The quantitative estimate of drug-likeness (QED) is 0.369. The van der Waals surface area contributed by atoms with Gasteiger partial charge in [-0.3, -0.25) is 9.59 Å². The number of hydrogen-bond donors (Lipinski definition) is 0. The first-order chi connectivity index (χ1) is 16.1. The van der Waals surface area contributed by atoms with Gasteiger partial charge in [-0.15, -0.1) is 0 Å². The Balaban J connectivity index is 1.66. The fraction of sp³-hybridized carbons (Fsp3) is 0.0370. The molecule has 0 saturated heterocycles. The average Bonchev–Trinajstić information content (AvgIpc) is 3.35. The van der Waals surface area contributed by atoms with E-state index in [1.165, 1.54) is 11.1 Å². The average molecular weight is 430 g/mol. The van der Waals surface area contributed by atoms with Crippen LogP contribution < -0.4 is 4.90 Å². The molecule has 0 unspecified atom stereocenters. The first kappa shape index (κ1) is 19.1. The number of aromatic nitrogens is 3. The van der Waals surface area contributed by atoms with Crippen LogP contribution in [0.3, 0.4) is 0 Å². The van der Waals surface area contributed by atoms with E-state index in [4.69, 9.17) is 5.10 Å². The van der Waals surface area contributed by atoms with Gasteiger partial charge >= 0.3 is 0 Å². The smallest absolute Gasteiger partial charge is 0.267 e. The fourth-order valence-electron chi connectivity index (χ4n) is 4.34. The van der Waals surface area contributed by atoms with Crippen molar-refractivity contribution in [1.82, 2.24) is 14.8 Å². The zero-order valence-corrected chi connectivity index (χ0v) is 17.8. The van der Waals surface area contributed by atoms with Crippen molar-refractivity contribution in [3.63, 3.8) is 0 Å². The van der Waals surface area contributed by atoms with Crippen molar-refractivity contribution in [3.8, 4) is 16.9 Å². The van der Waals surface area contributed by atoms with E-state index in [1.54, 1.807) is 28.9 Å². The zero-order valence-electron chi connectivity index (χ0n) is 17.8. The van der Waals surface area contributed by atoms with Gasteiger partial charge in [0.15, 0.2) is 5.65 Å². The fourth-order valence-corrected chi connectivity index (χ4v) is 4.34. The summed E-state index contributed by atoms with van der Waals surface area (Å²) in [6.07, 6.45) is 1.49. The van der Waals surface area contributed by atoms with Gasteiger partial charge in [-0.1, -0.05) is 60.7 Å². The third kappa shape index (κ3) is 2.88. The van der Waals surface area contributed by atoms with Gasteiger partial charge in [0.05, 0.1) is 27.9 Å². The van der Waals surface area contributed by atoms with Gasteiger partial charge in [0.25, 0.3) is 11.8 Å². The highest BCUT2D eigenvalue weighted by molar-refractivity contribution is 6.38. The number of rotatable bonds is 3. The van der Waals surface area contributed by atoms with Gasteiger partial charge in [0, 0.05) is 11.8 Å². The molecule has 6 heteroatoms. The number of nitrogens with zero attached hydrogens (tertiary/aromatic N) is 4. The SMILES string of the molecule is Cc1cccc(-n2nc(-c3ccccc3)c3c4c(cnc32)C(=O)N(c2ccccc2)C4=O)c1. The van der Waals surface area contributed by atoms with E-state index in [0.717, 1.165) is 16.8 Å². The number of amides is 2. The maximum Gasteiger partial charge on any atom is 0.267 e. The Morgan fingerprint density at radius 3 is 2.18 bits per heavy atom. The standard InChI is InChI=1S/C27H18N4O2/c1-17-9-8-14-20(15-17)31-25-23(24(29-31)18-10-4-2-5-11-18)22-21(16-28-25)26(32)30(27(22)33)19-12-6-3-7-13-19/h2-16H,1H3. The Bertz CT molecular complexity index is 1560. The number of imide groups is 1. The molecular weight excluding hydrogens is 412 g/mol. The van der Waals surface area contributed by atoms with Crippen LogP contribution >= 0.6 is 0 Å². The van der Waals surface area contributed by atoms with E-state index < -0.39 is 0 Å². The monoisotopic (exact) mass is 430 g/mol. The molecule has 0 fully saturated rings. The van der Waals surface area contributed by atoms with E-state index >= 15 is 0 Å². The highest BCUT2D eigenvalue weighted by Gasteiger charge is 2.40. The van der Waals surface area contributed by atoms with E-state index in [0.29, 0.717) is 28.0 Å². The molecule has 0 atom stereocenters. The summed E-state index contributed by atoms with van der Waals surface area (Å²) in [7, 11) is 0. The first-order valence-corrected chi connectivity index (χ1v) is 10.6. The lowest BCUT2D eigenvalue weighted by atomic mass is 10.0. The van der Waals surface area contributed by atoms with Crippen molar-refractivity contribution in [3.05, 3.63) is 108 Å². The van der Waals surface area contributed by atoms with E-state index in [-0.39, 0.29) is 17.4 Å². The minimum atomic E-state index is -0.377. The number of benzene rings is 3. The summed E-state index contributed by atoms with van der Waals surface area (Å²) >= 11 is 0. The lowest BCUT2D eigenvalue weighted by Gasteiger charge is -2.13. The third-order valence-electron chi connectivity index (χ3n) is 5.85. The molecule has 0 N–H and O–H groups in total. The molecule has 5 aromatic rings. The summed E-state index contributed by atoms with van der Waals surface area (Å²) in [5, 5.41) is 5.46. The molecule has 0 spiro atoms. The molecule has 2 amide bonds. The number of hydrogen-bond acceptors (Lipinski definition) is 4. The number of pyridine rings is 1. The van der Waals surface area contributed by atoms with Crippen molar-refractivity contribution in [1.29, 1.82) is 0 Å². The highest BCUT2D eigenvalue weighted by atomic mass is 16.2. The Hall–Kier alpha value is -4.58. The van der Waals surface area contributed by atoms with Crippen molar-refractivity contribution >= 4 is 28.5 Å². The highest BCUT2D eigenvalue weighted by Crippen LogP contribution is 2.38. The molecule has 33 heavy (non-hydrogen) atoms. The van der Waals surface area contributed by atoms with Crippen LogP contribution in [0.4, 0.5) is 5.69 Å². The van der Waals surface area contributed by atoms with E-state index in [9.17, 15) is 9.59 Å². The summed E-state index contributed by atoms with van der Waals surface area (Å²) in [6, 6.07) is 26.6. The Labute approximate surface area is 189 Å². The second kappa shape index (κ2) is 7.24. The van der Waals surface area contributed by atoms with Crippen molar-refractivity contribution in [2.45, 2.75) is 6.92 Å². The normalized spacial score (nSPS) is 13.1. The molecule has 0 aliphatic carbocycles.